The van der Waals surface area contributed by atoms with Crippen LogP contribution in [0.5, 0.6) is 0 Å². The minimum Gasteiger partial charge on any atom is -0.272 e. The highest BCUT2D eigenvalue weighted by Crippen LogP contribution is 2.13. The van der Waals surface area contributed by atoms with Crippen molar-refractivity contribution in [2.75, 3.05) is 0 Å². The molecule has 28 heavy (non-hydrogen) atoms. The molecule has 2 aromatic rings. The van der Waals surface area contributed by atoms with Crippen LogP contribution in [-0.2, 0) is 0 Å². The number of nitro benzene ring substituents is 1. The van der Waals surface area contributed by atoms with Gasteiger partial charge in [0.25, 0.3) is 5.69 Å². The van der Waals surface area contributed by atoms with Gasteiger partial charge in [-0.1, -0.05) is 26.7 Å². The van der Waals surface area contributed by atoms with Gasteiger partial charge in [-0.3, -0.25) is 19.7 Å². The average Bonchev–Trinajstić information content (AvgIpc) is 2.94. The van der Waals surface area contributed by atoms with Crippen LogP contribution in [0.25, 0.3) is 5.69 Å². The van der Waals surface area contributed by atoms with Crippen molar-refractivity contribution in [3.63, 3.8) is 0 Å². The first-order valence-electron chi connectivity index (χ1n) is 9.11. The molecular formula is C18H22N4O6. The molecule has 10 nitrogen and oxygen atoms in total. The number of nitro groups is 1. The summed E-state index contributed by atoms with van der Waals surface area (Å²) in [6.07, 6.45) is 2.45. The number of aromatic nitrogens is 3. The van der Waals surface area contributed by atoms with Crippen molar-refractivity contribution in [3.8, 4) is 5.69 Å². The summed E-state index contributed by atoms with van der Waals surface area (Å²) in [7, 11) is 0. The van der Waals surface area contributed by atoms with Crippen molar-refractivity contribution in [2.24, 2.45) is 0 Å². The van der Waals surface area contributed by atoms with Gasteiger partial charge in [-0.2, -0.15) is 9.36 Å². The van der Waals surface area contributed by atoms with E-state index in [1.807, 2.05) is 13.8 Å². The van der Waals surface area contributed by atoms with Crippen LogP contribution in [-0.4, -0.2) is 30.7 Å². The Kier molecular flexibility index (Phi) is 6.80. The van der Waals surface area contributed by atoms with Crippen LogP contribution in [0.4, 0.5) is 5.69 Å². The SMILES string of the molecule is CCCCC(=O)n1c(=O)n(-c2ccc([N+](=O)[O-])cc2)c(=O)n1C(=O)CCCC. The van der Waals surface area contributed by atoms with E-state index in [-0.39, 0.29) is 24.2 Å². The maximum absolute atomic E-state index is 12.8. The van der Waals surface area contributed by atoms with Crippen LogP contribution in [0.2, 0.25) is 0 Å². The van der Waals surface area contributed by atoms with Crippen molar-refractivity contribution in [2.45, 2.75) is 52.4 Å². The van der Waals surface area contributed by atoms with E-state index in [1.54, 1.807) is 0 Å². The van der Waals surface area contributed by atoms with Crippen LogP contribution in [0, 0.1) is 10.1 Å². The lowest BCUT2D eigenvalue weighted by Crippen LogP contribution is -2.36. The summed E-state index contributed by atoms with van der Waals surface area (Å²) < 4.78 is 1.84. The van der Waals surface area contributed by atoms with Crippen LogP contribution in [0.15, 0.2) is 33.9 Å². The molecule has 0 atom stereocenters. The number of unbranched alkanes of at least 4 members (excludes halogenated alkanes) is 2. The molecule has 0 amide bonds. The van der Waals surface area contributed by atoms with E-state index in [1.165, 1.54) is 12.1 Å². The number of rotatable bonds is 8. The smallest absolute Gasteiger partial charge is 0.272 e. The second-order valence-corrected chi connectivity index (χ2v) is 6.29. The van der Waals surface area contributed by atoms with Crippen molar-refractivity contribution in [3.05, 3.63) is 55.3 Å². The van der Waals surface area contributed by atoms with E-state index in [4.69, 9.17) is 0 Å². The summed E-state index contributed by atoms with van der Waals surface area (Å²) in [5.74, 6) is -1.29. The fourth-order valence-corrected chi connectivity index (χ4v) is 2.69. The van der Waals surface area contributed by atoms with Crippen molar-refractivity contribution in [1.82, 2.24) is 13.9 Å². The molecule has 0 aliphatic heterocycles. The first-order chi connectivity index (χ1) is 13.3. The van der Waals surface area contributed by atoms with Gasteiger partial charge in [0, 0.05) is 25.0 Å². The number of hydrogen-bond acceptors (Lipinski definition) is 6. The topological polar surface area (TPSA) is 126 Å². The molecule has 0 radical (unpaired) electrons. The van der Waals surface area contributed by atoms with Gasteiger partial charge in [0.15, 0.2) is 0 Å². The average molecular weight is 390 g/mol. The third-order valence-corrected chi connectivity index (χ3v) is 4.22. The summed E-state index contributed by atoms with van der Waals surface area (Å²) in [4.78, 5) is 60.8. The lowest BCUT2D eigenvalue weighted by Gasteiger charge is -2.06. The molecule has 1 aromatic heterocycles. The largest absolute Gasteiger partial charge is 0.359 e. The molecule has 0 spiro atoms. The van der Waals surface area contributed by atoms with Gasteiger partial charge >= 0.3 is 11.4 Å². The zero-order valence-electron chi connectivity index (χ0n) is 15.8. The van der Waals surface area contributed by atoms with E-state index in [9.17, 15) is 29.3 Å². The normalized spacial score (nSPS) is 10.8. The quantitative estimate of drug-likeness (QED) is 0.503. The molecule has 0 aliphatic carbocycles. The van der Waals surface area contributed by atoms with Crippen LogP contribution in [0.3, 0.4) is 0 Å². The van der Waals surface area contributed by atoms with Gasteiger partial charge < -0.3 is 0 Å². The molecule has 0 saturated carbocycles. The highest BCUT2D eigenvalue weighted by Gasteiger charge is 2.25. The highest BCUT2D eigenvalue weighted by molar-refractivity contribution is 5.84. The molecule has 0 fully saturated rings. The van der Waals surface area contributed by atoms with Crippen LogP contribution in [0.1, 0.15) is 62.0 Å². The number of benzene rings is 1. The molecule has 0 unspecified atom stereocenters. The summed E-state index contributed by atoms with van der Waals surface area (Å²) in [6.45, 7) is 3.75. The van der Waals surface area contributed by atoms with Gasteiger partial charge in [0.2, 0.25) is 11.8 Å². The van der Waals surface area contributed by atoms with Gasteiger partial charge in [0.1, 0.15) is 0 Å². The Morgan fingerprint density at radius 3 is 1.68 bits per heavy atom. The Morgan fingerprint density at radius 2 is 1.32 bits per heavy atom. The van der Waals surface area contributed by atoms with Gasteiger partial charge in [-0.05, 0) is 25.0 Å². The predicted octanol–water partition coefficient (Wildman–Crippen LogP) is 2.37. The van der Waals surface area contributed by atoms with Gasteiger partial charge in [-0.15, -0.1) is 0 Å². The summed E-state index contributed by atoms with van der Waals surface area (Å²) in [6, 6.07) is 4.73. The first-order valence-corrected chi connectivity index (χ1v) is 9.11. The fourth-order valence-electron chi connectivity index (χ4n) is 2.69. The maximum atomic E-state index is 12.8. The Balaban J connectivity index is 2.64. The molecule has 150 valence electrons. The number of carbonyl (C=O) groups excluding carboxylic acids is 2. The van der Waals surface area contributed by atoms with E-state index in [2.05, 4.69) is 0 Å². The third-order valence-electron chi connectivity index (χ3n) is 4.22. The molecule has 0 aliphatic rings. The summed E-state index contributed by atoms with van der Waals surface area (Å²) >= 11 is 0. The number of hydrogen-bond donors (Lipinski definition) is 0. The van der Waals surface area contributed by atoms with Gasteiger partial charge in [-0.25, -0.2) is 14.2 Å². The lowest BCUT2D eigenvalue weighted by molar-refractivity contribution is -0.384. The molecule has 0 saturated heterocycles. The second kappa shape index (κ2) is 9.07. The van der Waals surface area contributed by atoms with E-state index >= 15 is 0 Å². The predicted molar refractivity (Wildman–Crippen MR) is 101 cm³/mol. The third kappa shape index (κ3) is 4.16. The standard InChI is InChI=1S/C18H22N4O6/c1-3-5-7-15(23)20-17(25)19(13-9-11-14(12-10-13)22(27)28)18(26)21(20)16(24)8-6-4-2/h9-12H,3-8H2,1-2H3. The lowest BCUT2D eigenvalue weighted by atomic mass is 10.2. The van der Waals surface area contributed by atoms with E-state index in [0.29, 0.717) is 39.6 Å². The minimum atomic E-state index is -0.968. The van der Waals surface area contributed by atoms with Crippen molar-refractivity contribution in [1.29, 1.82) is 0 Å². The Bertz CT molecular complexity index is 945. The Hall–Kier alpha value is -3.30. The molecule has 1 heterocycles. The monoisotopic (exact) mass is 390 g/mol. The molecule has 10 heteroatoms. The molecular weight excluding hydrogens is 368 g/mol. The summed E-state index contributed by atoms with van der Waals surface area (Å²) in [5, 5.41) is 10.8. The van der Waals surface area contributed by atoms with E-state index in [0.717, 1.165) is 12.1 Å². The first kappa shape index (κ1) is 21.0. The highest BCUT2D eigenvalue weighted by atomic mass is 16.6. The number of carbonyl (C=O) groups is 2. The Morgan fingerprint density at radius 1 is 0.893 bits per heavy atom. The molecule has 0 N–H and O–H groups in total. The molecule has 1 aromatic carbocycles. The Labute approximate surface area is 160 Å². The summed E-state index contributed by atoms with van der Waals surface area (Å²) in [5.41, 5.74) is -2.11. The molecule has 2 rings (SSSR count). The zero-order chi connectivity index (χ0) is 20.8. The maximum Gasteiger partial charge on any atom is 0.359 e. The molecule has 0 bridgehead atoms. The van der Waals surface area contributed by atoms with Crippen molar-refractivity contribution < 1.29 is 14.5 Å². The van der Waals surface area contributed by atoms with Gasteiger partial charge in [0.05, 0.1) is 10.6 Å². The number of non-ortho nitro benzene ring substituents is 1. The minimum absolute atomic E-state index is 0.0151. The zero-order valence-corrected chi connectivity index (χ0v) is 15.8. The number of nitrogens with zero attached hydrogens (tertiary/aromatic N) is 4. The van der Waals surface area contributed by atoms with Crippen molar-refractivity contribution >= 4 is 17.5 Å². The van der Waals surface area contributed by atoms with Crippen LogP contribution < -0.4 is 11.4 Å². The van der Waals surface area contributed by atoms with Crippen LogP contribution >= 0.6 is 0 Å². The second-order valence-electron chi connectivity index (χ2n) is 6.29. The fraction of sp³-hybridized carbons (Fsp3) is 0.444. The van der Waals surface area contributed by atoms with E-state index < -0.39 is 28.1 Å².